The van der Waals surface area contributed by atoms with Crippen LogP contribution in [0.5, 0.6) is 5.75 Å². The molecule has 0 N–H and O–H groups in total. The Bertz CT molecular complexity index is 607. The van der Waals surface area contributed by atoms with Crippen molar-refractivity contribution < 1.29 is 19.1 Å². The van der Waals surface area contributed by atoms with Crippen molar-refractivity contribution in [2.75, 3.05) is 26.8 Å². The van der Waals surface area contributed by atoms with Gasteiger partial charge in [0.25, 0.3) is 0 Å². The number of methoxy groups -OCH3 is 1. The lowest BCUT2D eigenvalue weighted by molar-refractivity contribution is -0.140. The van der Waals surface area contributed by atoms with Gasteiger partial charge in [-0.15, -0.1) is 6.58 Å². The molecule has 0 heterocycles. The second-order valence-electron chi connectivity index (χ2n) is 5.90. The standard InChI is InChI=1S/C21H29NO4/c1-5-15-22(21(24)17(3)9-14-20(23)25-4)16-7-8-18-10-12-19(13-11-18)26-6-2/h5,10-13H,1,3,6-9,14-16H2,2,4H3. The smallest absolute Gasteiger partial charge is 0.305 e. The maximum Gasteiger partial charge on any atom is 0.305 e. The average Bonchev–Trinajstić information content (AvgIpc) is 2.66. The molecular formula is C21H29NO4. The largest absolute Gasteiger partial charge is 0.494 e. The normalized spacial score (nSPS) is 10.1. The molecule has 0 saturated heterocycles. The second-order valence-corrected chi connectivity index (χ2v) is 5.90. The van der Waals surface area contributed by atoms with Crippen LogP contribution < -0.4 is 4.74 Å². The summed E-state index contributed by atoms with van der Waals surface area (Å²) in [6, 6.07) is 8.00. The third-order valence-corrected chi connectivity index (χ3v) is 3.93. The van der Waals surface area contributed by atoms with Gasteiger partial charge in [0.1, 0.15) is 5.75 Å². The van der Waals surface area contributed by atoms with E-state index in [0.29, 0.717) is 31.7 Å². The van der Waals surface area contributed by atoms with E-state index in [4.69, 9.17) is 4.74 Å². The fraction of sp³-hybridized carbons (Fsp3) is 0.429. The first-order valence-corrected chi connectivity index (χ1v) is 8.88. The van der Waals surface area contributed by atoms with Crippen LogP contribution in [0.15, 0.2) is 49.1 Å². The minimum Gasteiger partial charge on any atom is -0.494 e. The molecule has 0 aliphatic heterocycles. The van der Waals surface area contributed by atoms with E-state index < -0.39 is 0 Å². The molecule has 0 saturated carbocycles. The van der Waals surface area contributed by atoms with Crippen LogP contribution in [0, 0.1) is 0 Å². The lowest BCUT2D eigenvalue weighted by Gasteiger charge is -2.22. The first-order chi connectivity index (χ1) is 12.5. The lowest BCUT2D eigenvalue weighted by Crippen LogP contribution is -2.33. The maximum absolute atomic E-state index is 12.5. The van der Waals surface area contributed by atoms with Crippen LogP contribution >= 0.6 is 0 Å². The number of aryl methyl sites for hydroxylation is 1. The Labute approximate surface area is 156 Å². The van der Waals surface area contributed by atoms with E-state index in [2.05, 4.69) is 17.9 Å². The van der Waals surface area contributed by atoms with E-state index in [-0.39, 0.29) is 18.3 Å². The van der Waals surface area contributed by atoms with Gasteiger partial charge in [-0.25, -0.2) is 0 Å². The first kappa shape index (κ1) is 21.5. The fourth-order valence-electron chi connectivity index (χ4n) is 2.51. The Kier molecular flexibility index (Phi) is 9.83. The third-order valence-electron chi connectivity index (χ3n) is 3.93. The van der Waals surface area contributed by atoms with Crippen molar-refractivity contribution >= 4 is 11.9 Å². The van der Waals surface area contributed by atoms with Crippen molar-refractivity contribution in [1.29, 1.82) is 0 Å². The van der Waals surface area contributed by atoms with Crippen LogP contribution in [0.3, 0.4) is 0 Å². The van der Waals surface area contributed by atoms with E-state index in [1.54, 1.807) is 11.0 Å². The number of benzene rings is 1. The number of amides is 1. The summed E-state index contributed by atoms with van der Waals surface area (Å²) >= 11 is 0. The van der Waals surface area contributed by atoms with Gasteiger partial charge in [-0.2, -0.15) is 0 Å². The molecule has 1 aromatic rings. The van der Waals surface area contributed by atoms with Crippen molar-refractivity contribution in [1.82, 2.24) is 4.90 Å². The number of rotatable bonds is 12. The molecule has 1 aromatic carbocycles. The molecule has 5 heteroatoms. The summed E-state index contributed by atoms with van der Waals surface area (Å²) in [6.07, 6.45) is 3.86. The topological polar surface area (TPSA) is 55.8 Å². The van der Waals surface area contributed by atoms with Gasteiger partial charge in [0, 0.05) is 25.1 Å². The number of ether oxygens (including phenoxy) is 2. The van der Waals surface area contributed by atoms with Crippen molar-refractivity contribution in [2.45, 2.75) is 32.6 Å². The molecule has 1 rings (SSSR count). The molecule has 1 amide bonds. The zero-order valence-electron chi connectivity index (χ0n) is 15.8. The van der Waals surface area contributed by atoms with Gasteiger partial charge >= 0.3 is 5.97 Å². The van der Waals surface area contributed by atoms with Crippen LogP contribution in [0.1, 0.15) is 31.7 Å². The number of nitrogens with zero attached hydrogens (tertiary/aromatic N) is 1. The molecular weight excluding hydrogens is 330 g/mol. The van der Waals surface area contributed by atoms with Crippen LogP contribution in [-0.2, 0) is 20.7 Å². The molecule has 0 bridgehead atoms. The van der Waals surface area contributed by atoms with Crippen LogP contribution in [0.25, 0.3) is 0 Å². The zero-order valence-corrected chi connectivity index (χ0v) is 15.8. The van der Waals surface area contributed by atoms with Crippen molar-refractivity contribution in [3.05, 3.63) is 54.6 Å². The number of esters is 1. The van der Waals surface area contributed by atoms with Crippen molar-refractivity contribution in [3.8, 4) is 5.75 Å². The predicted molar refractivity (Wildman–Crippen MR) is 103 cm³/mol. The number of carbonyl (C=O) groups excluding carboxylic acids is 2. The second kappa shape index (κ2) is 11.9. The van der Waals surface area contributed by atoms with E-state index >= 15 is 0 Å². The summed E-state index contributed by atoms with van der Waals surface area (Å²) in [7, 11) is 1.33. The Morgan fingerprint density at radius 3 is 2.46 bits per heavy atom. The average molecular weight is 359 g/mol. The summed E-state index contributed by atoms with van der Waals surface area (Å²) < 4.78 is 10.0. The molecule has 0 aromatic heterocycles. The Morgan fingerprint density at radius 2 is 1.88 bits per heavy atom. The van der Waals surface area contributed by atoms with E-state index in [1.165, 1.54) is 12.7 Å². The molecule has 142 valence electrons. The van der Waals surface area contributed by atoms with Crippen LogP contribution in [0.4, 0.5) is 0 Å². The molecule has 0 unspecified atom stereocenters. The summed E-state index contributed by atoms with van der Waals surface area (Å²) in [5.41, 5.74) is 1.61. The lowest BCUT2D eigenvalue weighted by atomic mass is 10.1. The highest BCUT2D eigenvalue weighted by molar-refractivity contribution is 5.93. The number of hydrogen-bond donors (Lipinski definition) is 0. The van der Waals surface area contributed by atoms with Gasteiger partial charge < -0.3 is 14.4 Å². The van der Waals surface area contributed by atoms with Gasteiger partial charge in [0.15, 0.2) is 0 Å². The molecule has 0 atom stereocenters. The summed E-state index contributed by atoms with van der Waals surface area (Å²) in [6.45, 7) is 11.2. The maximum atomic E-state index is 12.5. The molecule has 26 heavy (non-hydrogen) atoms. The monoisotopic (exact) mass is 359 g/mol. The quantitative estimate of drug-likeness (QED) is 0.325. The molecule has 0 radical (unpaired) electrons. The van der Waals surface area contributed by atoms with Gasteiger partial charge in [0.2, 0.25) is 5.91 Å². The fourth-order valence-corrected chi connectivity index (χ4v) is 2.51. The summed E-state index contributed by atoms with van der Waals surface area (Å²) in [4.78, 5) is 25.4. The van der Waals surface area contributed by atoms with Crippen molar-refractivity contribution in [2.24, 2.45) is 0 Å². The first-order valence-electron chi connectivity index (χ1n) is 8.88. The van der Waals surface area contributed by atoms with Crippen LogP contribution in [-0.4, -0.2) is 43.6 Å². The van der Waals surface area contributed by atoms with Gasteiger partial charge in [0.05, 0.1) is 13.7 Å². The Hall–Kier alpha value is -2.56. The van der Waals surface area contributed by atoms with Gasteiger partial charge in [-0.05, 0) is 43.9 Å². The van der Waals surface area contributed by atoms with Crippen LogP contribution in [0.2, 0.25) is 0 Å². The third kappa shape index (κ3) is 7.55. The van der Waals surface area contributed by atoms with E-state index in [1.807, 2.05) is 31.2 Å². The number of hydrogen-bond acceptors (Lipinski definition) is 4. The SMILES string of the molecule is C=CCN(CCCc1ccc(OCC)cc1)C(=O)C(=C)CCC(=O)OC. The molecule has 0 fully saturated rings. The van der Waals surface area contributed by atoms with Gasteiger partial charge in [-0.1, -0.05) is 24.8 Å². The Morgan fingerprint density at radius 1 is 1.19 bits per heavy atom. The highest BCUT2D eigenvalue weighted by Gasteiger charge is 2.16. The van der Waals surface area contributed by atoms with Gasteiger partial charge in [-0.3, -0.25) is 9.59 Å². The highest BCUT2D eigenvalue weighted by atomic mass is 16.5. The predicted octanol–water partition coefficient (Wildman–Crippen LogP) is 3.54. The Balaban J connectivity index is 2.50. The van der Waals surface area contributed by atoms with E-state index in [9.17, 15) is 9.59 Å². The molecule has 0 aliphatic carbocycles. The molecule has 5 nitrogen and oxygen atoms in total. The summed E-state index contributed by atoms with van der Waals surface area (Å²) in [5, 5.41) is 0. The summed E-state index contributed by atoms with van der Waals surface area (Å²) in [5.74, 6) is 0.381. The molecule has 0 aliphatic rings. The van der Waals surface area contributed by atoms with Crippen molar-refractivity contribution in [3.63, 3.8) is 0 Å². The zero-order chi connectivity index (χ0) is 19.4. The highest BCUT2D eigenvalue weighted by Crippen LogP contribution is 2.14. The number of carbonyl (C=O) groups is 2. The molecule has 0 spiro atoms. The van der Waals surface area contributed by atoms with E-state index in [0.717, 1.165) is 18.6 Å². The minimum absolute atomic E-state index is 0.138. The minimum atomic E-state index is -0.343.